The van der Waals surface area contributed by atoms with Gasteiger partial charge in [0.05, 0.1) is 11.4 Å². The summed E-state index contributed by atoms with van der Waals surface area (Å²) in [7, 11) is 0. The van der Waals surface area contributed by atoms with E-state index in [4.69, 9.17) is 0 Å². The summed E-state index contributed by atoms with van der Waals surface area (Å²) in [6.07, 6.45) is 1.88. The number of hydrogen-bond donors (Lipinski definition) is 0. The summed E-state index contributed by atoms with van der Waals surface area (Å²) >= 11 is 1.67. The van der Waals surface area contributed by atoms with Crippen molar-refractivity contribution in [1.82, 2.24) is 19.7 Å². The van der Waals surface area contributed by atoms with E-state index in [-0.39, 0.29) is 17.5 Å². The average Bonchev–Trinajstić information content (AvgIpc) is 3.14. The number of thiazole rings is 1. The quantitative estimate of drug-likeness (QED) is 0.680. The predicted molar refractivity (Wildman–Crippen MR) is 111 cm³/mol. The van der Waals surface area contributed by atoms with Gasteiger partial charge in [0, 0.05) is 42.6 Å². The molecule has 0 saturated carbocycles. The smallest absolute Gasteiger partial charge is 0.275 e. The van der Waals surface area contributed by atoms with Crippen molar-refractivity contribution < 1.29 is 4.79 Å². The molecular weight excluding hydrogens is 374 g/mol. The molecule has 0 N–H and O–H groups in total. The van der Waals surface area contributed by atoms with Gasteiger partial charge in [-0.2, -0.15) is 5.10 Å². The summed E-state index contributed by atoms with van der Waals surface area (Å²) in [5.74, 6) is -0.124. The van der Waals surface area contributed by atoms with Crippen LogP contribution < -0.4 is 10.5 Å². The minimum Gasteiger partial charge on any atom is -0.345 e. The van der Waals surface area contributed by atoms with Gasteiger partial charge in [-0.3, -0.25) is 9.59 Å². The number of amides is 1. The first kappa shape index (κ1) is 18.6. The first-order valence-electron chi connectivity index (χ1n) is 9.44. The van der Waals surface area contributed by atoms with E-state index >= 15 is 0 Å². The maximum Gasteiger partial charge on any atom is 0.275 e. The second kappa shape index (κ2) is 7.35. The Morgan fingerprint density at radius 3 is 2.39 bits per heavy atom. The summed E-state index contributed by atoms with van der Waals surface area (Å²) in [4.78, 5) is 35.6. The molecule has 1 aliphatic heterocycles. The van der Waals surface area contributed by atoms with E-state index in [2.05, 4.69) is 15.0 Å². The van der Waals surface area contributed by atoms with Crippen LogP contribution in [0.15, 0.2) is 35.3 Å². The van der Waals surface area contributed by atoms with Crippen molar-refractivity contribution in [1.29, 1.82) is 0 Å². The van der Waals surface area contributed by atoms with Crippen LogP contribution in [0, 0.1) is 6.92 Å². The molecule has 7 nitrogen and oxygen atoms in total. The van der Waals surface area contributed by atoms with E-state index in [0.29, 0.717) is 29.6 Å². The van der Waals surface area contributed by atoms with Crippen LogP contribution >= 0.6 is 11.3 Å². The third kappa shape index (κ3) is 3.28. The maximum absolute atomic E-state index is 13.3. The lowest BCUT2D eigenvalue weighted by Gasteiger charge is -2.34. The topological polar surface area (TPSA) is 71.3 Å². The van der Waals surface area contributed by atoms with E-state index < -0.39 is 0 Å². The molecular formula is C20H23N5O2S. The predicted octanol–water partition coefficient (Wildman–Crippen LogP) is 2.70. The summed E-state index contributed by atoms with van der Waals surface area (Å²) in [5.41, 5.74) is 0.188. The fourth-order valence-corrected chi connectivity index (χ4v) is 4.26. The van der Waals surface area contributed by atoms with Gasteiger partial charge < -0.3 is 9.80 Å². The molecule has 0 radical (unpaired) electrons. The molecule has 1 aromatic carbocycles. The molecule has 0 unspecified atom stereocenters. The van der Waals surface area contributed by atoms with Gasteiger partial charge in [-0.05, 0) is 26.8 Å². The molecule has 1 amide bonds. The summed E-state index contributed by atoms with van der Waals surface area (Å²) in [5, 5.41) is 6.60. The molecule has 1 fully saturated rings. The summed E-state index contributed by atoms with van der Waals surface area (Å²) in [6, 6.07) is 7.10. The highest BCUT2D eigenvalue weighted by atomic mass is 32.1. The molecule has 4 rings (SSSR count). The molecule has 0 aliphatic carbocycles. The number of benzene rings is 1. The number of hydrogen-bond acceptors (Lipinski definition) is 6. The highest BCUT2D eigenvalue weighted by Crippen LogP contribution is 2.23. The first-order chi connectivity index (χ1) is 13.5. The van der Waals surface area contributed by atoms with E-state index in [0.717, 1.165) is 18.2 Å². The van der Waals surface area contributed by atoms with Gasteiger partial charge in [-0.25, -0.2) is 9.67 Å². The van der Waals surface area contributed by atoms with Gasteiger partial charge in [-0.15, -0.1) is 11.3 Å². The summed E-state index contributed by atoms with van der Waals surface area (Å²) in [6.45, 7) is 8.52. The maximum atomic E-state index is 13.3. The Morgan fingerprint density at radius 2 is 1.79 bits per heavy atom. The van der Waals surface area contributed by atoms with Gasteiger partial charge >= 0.3 is 0 Å². The molecule has 3 aromatic rings. The number of carbonyl (C=O) groups excluding carboxylic acids is 1. The largest absolute Gasteiger partial charge is 0.345 e. The minimum absolute atomic E-state index is 0.117. The highest BCUT2D eigenvalue weighted by Gasteiger charge is 2.27. The number of nitrogens with zero attached hydrogens (tertiary/aromatic N) is 5. The standard InChI is InChI=1S/C20H23N5O2S/c1-13(2)25-18(26)16-7-5-4-6-15(16)17(22-25)19(27)23-8-10-24(11-9-23)20-21-12-14(3)28-20/h4-7,12-13H,8-11H2,1-3H3. The molecule has 2 aromatic heterocycles. The molecule has 28 heavy (non-hydrogen) atoms. The lowest BCUT2D eigenvalue weighted by molar-refractivity contribution is 0.0740. The van der Waals surface area contributed by atoms with Gasteiger partial charge in [0.1, 0.15) is 0 Å². The fraction of sp³-hybridized carbons (Fsp3) is 0.400. The van der Waals surface area contributed by atoms with Crippen molar-refractivity contribution in [2.24, 2.45) is 0 Å². The molecule has 1 saturated heterocycles. The molecule has 1 aliphatic rings. The zero-order valence-electron chi connectivity index (χ0n) is 16.3. The van der Waals surface area contributed by atoms with Crippen LogP contribution in [0.25, 0.3) is 10.8 Å². The van der Waals surface area contributed by atoms with Crippen LogP contribution in [0.4, 0.5) is 5.13 Å². The summed E-state index contributed by atoms with van der Waals surface area (Å²) < 4.78 is 1.41. The molecule has 146 valence electrons. The molecule has 0 bridgehead atoms. The fourth-order valence-electron chi connectivity index (χ4n) is 3.45. The van der Waals surface area contributed by atoms with Gasteiger partial charge in [0.15, 0.2) is 10.8 Å². The van der Waals surface area contributed by atoms with Crippen LogP contribution in [0.2, 0.25) is 0 Å². The van der Waals surface area contributed by atoms with E-state index in [1.165, 1.54) is 9.56 Å². The highest BCUT2D eigenvalue weighted by molar-refractivity contribution is 7.15. The van der Waals surface area contributed by atoms with Crippen molar-refractivity contribution in [2.45, 2.75) is 26.8 Å². The molecule has 0 spiro atoms. The minimum atomic E-state index is -0.161. The van der Waals surface area contributed by atoms with E-state index in [1.807, 2.05) is 44.0 Å². The number of aromatic nitrogens is 3. The number of piperazine rings is 1. The van der Waals surface area contributed by atoms with Crippen LogP contribution in [0.3, 0.4) is 0 Å². The lowest BCUT2D eigenvalue weighted by atomic mass is 10.1. The Balaban J connectivity index is 1.63. The van der Waals surface area contributed by atoms with Crippen molar-refractivity contribution in [3.05, 3.63) is 51.4 Å². The van der Waals surface area contributed by atoms with Crippen LogP contribution in [0.1, 0.15) is 35.3 Å². The van der Waals surface area contributed by atoms with Gasteiger partial charge in [0.2, 0.25) is 0 Å². The number of fused-ring (bicyclic) bond motifs is 1. The van der Waals surface area contributed by atoms with Crippen molar-refractivity contribution in [3.8, 4) is 0 Å². The number of carbonyl (C=O) groups is 1. The Kier molecular flexibility index (Phi) is 4.89. The SMILES string of the molecule is Cc1cnc(N2CCN(C(=O)c3nn(C(C)C)c(=O)c4ccccc34)CC2)s1. The third-order valence-corrected chi connectivity index (χ3v) is 5.94. The van der Waals surface area contributed by atoms with Crippen LogP contribution in [0.5, 0.6) is 0 Å². The molecule has 3 heterocycles. The average molecular weight is 398 g/mol. The number of aryl methyl sites for hydroxylation is 1. The van der Waals surface area contributed by atoms with Gasteiger partial charge in [-0.1, -0.05) is 18.2 Å². The van der Waals surface area contributed by atoms with Gasteiger partial charge in [0.25, 0.3) is 11.5 Å². The Hall–Kier alpha value is -2.74. The van der Waals surface area contributed by atoms with Crippen LogP contribution in [-0.4, -0.2) is 51.8 Å². The monoisotopic (exact) mass is 397 g/mol. The second-order valence-electron chi connectivity index (χ2n) is 7.27. The molecule has 8 heteroatoms. The van der Waals surface area contributed by atoms with Crippen molar-refractivity contribution in [3.63, 3.8) is 0 Å². The Labute approximate surface area is 167 Å². The number of rotatable bonds is 3. The second-order valence-corrected chi connectivity index (χ2v) is 8.48. The first-order valence-corrected chi connectivity index (χ1v) is 10.3. The zero-order valence-corrected chi connectivity index (χ0v) is 17.1. The lowest BCUT2D eigenvalue weighted by Crippen LogP contribution is -2.49. The Bertz CT molecular complexity index is 1080. The van der Waals surface area contributed by atoms with E-state index in [1.54, 1.807) is 23.5 Å². The molecule has 0 atom stereocenters. The number of anilines is 1. The third-order valence-electron chi connectivity index (χ3n) is 4.97. The zero-order chi connectivity index (χ0) is 19.8. The van der Waals surface area contributed by atoms with E-state index in [9.17, 15) is 9.59 Å². The Morgan fingerprint density at radius 1 is 1.11 bits per heavy atom. The van der Waals surface area contributed by atoms with Crippen molar-refractivity contribution >= 4 is 33.1 Å². The normalized spacial score (nSPS) is 14.9. The van der Waals surface area contributed by atoms with Crippen LogP contribution in [-0.2, 0) is 0 Å². The van der Waals surface area contributed by atoms with Crippen molar-refractivity contribution in [2.75, 3.05) is 31.1 Å².